The van der Waals surface area contributed by atoms with E-state index in [2.05, 4.69) is 26.1 Å². The Balaban J connectivity index is 3.28. The normalized spacial score (nSPS) is 14.8. The molecule has 2 atom stereocenters. The van der Waals surface area contributed by atoms with Crippen LogP contribution in [0, 0.1) is 0 Å². The lowest BCUT2D eigenvalue weighted by Gasteiger charge is -2.21. The highest BCUT2D eigenvalue weighted by Gasteiger charge is 2.10. The van der Waals surface area contributed by atoms with Gasteiger partial charge >= 0.3 is 0 Å². The van der Waals surface area contributed by atoms with Gasteiger partial charge in [0.2, 0.25) is 0 Å². The SMILES string of the molecule is CCCNC(C)C(C)OCCOCCCOC. The summed E-state index contributed by atoms with van der Waals surface area (Å²) >= 11 is 0. The molecular weight excluding hydrogens is 218 g/mol. The van der Waals surface area contributed by atoms with E-state index in [-0.39, 0.29) is 6.10 Å². The van der Waals surface area contributed by atoms with Crippen LogP contribution in [0.3, 0.4) is 0 Å². The van der Waals surface area contributed by atoms with Crippen molar-refractivity contribution in [3.05, 3.63) is 0 Å². The molecular formula is C13H29NO3. The van der Waals surface area contributed by atoms with E-state index in [1.54, 1.807) is 7.11 Å². The molecule has 0 bridgehead atoms. The van der Waals surface area contributed by atoms with Gasteiger partial charge in [-0.1, -0.05) is 6.92 Å². The van der Waals surface area contributed by atoms with Crippen molar-refractivity contribution in [1.29, 1.82) is 0 Å². The first-order valence-electron chi connectivity index (χ1n) is 6.64. The van der Waals surface area contributed by atoms with Crippen molar-refractivity contribution in [2.24, 2.45) is 0 Å². The largest absolute Gasteiger partial charge is 0.385 e. The van der Waals surface area contributed by atoms with Crippen LogP contribution in [0.2, 0.25) is 0 Å². The highest BCUT2D eigenvalue weighted by Crippen LogP contribution is 1.98. The van der Waals surface area contributed by atoms with Gasteiger partial charge in [-0.2, -0.15) is 0 Å². The first-order valence-corrected chi connectivity index (χ1v) is 6.64. The van der Waals surface area contributed by atoms with Gasteiger partial charge in [-0.3, -0.25) is 0 Å². The van der Waals surface area contributed by atoms with Gasteiger partial charge in [0, 0.05) is 26.4 Å². The van der Waals surface area contributed by atoms with E-state index < -0.39 is 0 Å². The van der Waals surface area contributed by atoms with E-state index in [0.717, 1.165) is 32.6 Å². The molecule has 0 aliphatic heterocycles. The van der Waals surface area contributed by atoms with Gasteiger partial charge in [-0.15, -0.1) is 0 Å². The Hall–Kier alpha value is -0.160. The summed E-state index contributed by atoms with van der Waals surface area (Å²) in [5.41, 5.74) is 0. The van der Waals surface area contributed by atoms with E-state index in [1.807, 2.05) is 0 Å². The molecule has 0 aliphatic rings. The average molecular weight is 247 g/mol. The van der Waals surface area contributed by atoms with Gasteiger partial charge in [-0.05, 0) is 33.2 Å². The maximum absolute atomic E-state index is 5.69. The monoisotopic (exact) mass is 247 g/mol. The zero-order chi connectivity index (χ0) is 12.9. The van der Waals surface area contributed by atoms with E-state index in [9.17, 15) is 0 Å². The van der Waals surface area contributed by atoms with Crippen molar-refractivity contribution in [1.82, 2.24) is 5.32 Å². The number of hydrogen-bond acceptors (Lipinski definition) is 4. The van der Waals surface area contributed by atoms with Gasteiger partial charge in [0.25, 0.3) is 0 Å². The third kappa shape index (κ3) is 10.7. The van der Waals surface area contributed by atoms with Crippen LogP contribution in [0.5, 0.6) is 0 Å². The number of hydrogen-bond donors (Lipinski definition) is 1. The summed E-state index contributed by atoms with van der Waals surface area (Å²) in [7, 11) is 1.70. The van der Waals surface area contributed by atoms with Crippen molar-refractivity contribution in [2.75, 3.05) is 40.1 Å². The van der Waals surface area contributed by atoms with Gasteiger partial charge in [0.15, 0.2) is 0 Å². The van der Waals surface area contributed by atoms with E-state index >= 15 is 0 Å². The van der Waals surface area contributed by atoms with Gasteiger partial charge in [0.1, 0.15) is 0 Å². The van der Waals surface area contributed by atoms with Crippen LogP contribution in [0.1, 0.15) is 33.6 Å². The molecule has 0 aromatic rings. The van der Waals surface area contributed by atoms with E-state index in [0.29, 0.717) is 19.3 Å². The summed E-state index contributed by atoms with van der Waals surface area (Å²) in [6, 6.07) is 0.392. The maximum atomic E-state index is 5.69. The number of ether oxygens (including phenoxy) is 3. The third-order valence-corrected chi connectivity index (χ3v) is 2.67. The van der Waals surface area contributed by atoms with Gasteiger partial charge in [0.05, 0.1) is 19.3 Å². The Morgan fingerprint density at radius 1 is 1.06 bits per heavy atom. The number of methoxy groups -OCH3 is 1. The number of nitrogens with one attached hydrogen (secondary N) is 1. The van der Waals surface area contributed by atoms with Gasteiger partial charge < -0.3 is 19.5 Å². The maximum Gasteiger partial charge on any atom is 0.0704 e. The molecule has 4 heteroatoms. The molecule has 0 spiro atoms. The second-order valence-electron chi connectivity index (χ2n) is 4.28. The molecule has 0 rings (SSSR count). The molecule has 0 saturated heterocycles. The Labute approximate surface area is 106 Å². The standard InChI is InChI=1S/C13H29NO3/c1-5-7-14-12(2)13(3)17-11-10-16-9-6-8-15-4/h12-14H,5-11H2,1-4H3. The molecule has 1 N–H and O–H groups in total. The second-order valence-corrected chi connectivity index (χ2v) is 4.28. The molecule has 4 nitrogen and oxygen atoms in total. The van der Waals surface area contributed by atoms with Crippen molar-refractivity contribution >= 4 is 0 Å². The minimum Gasteiger partial charge on any atom is -0.385 e. The molecule has 17 heavy (non-hydrogen) atoms. The molecule has 0 amide bonds. The Morgan fingerprint density at radius 2 is 1.82 bits per heavy atom. The van der Waals surface area contributed by atoms with Crippen LogP contribution < -0.4 is 5.32 Å². The van der Waals surface area contributed by atoms with Crippen molar-refractivity contribution < 1.29 is 14.2 Å². The Kier molecular flexibility index (Phi) is 12.2. The fraction of sp³-hybridized carbons (Fsp3) is 1.00. The quantitative estimate of drug-likeness (QED) is 0.534. The molecule has 0 radical (unpaired) electrons. The zero-order valence-corrected chi connectivity index (χ0v) is 11.8. The smallest absolute Gasteiger partial charge is 0.0704 e. The van der Waals surface area contributed by atoms with Crippen LogP contribution in [-0.2, 0) is 14.2 Å². The fourth-order valence-electron chi connectivity index (χ4n) is 1.38. The van der Waals surface area contributed by atoms with Crippen molar-refractivity contribution in [3.8, 4) is 0 Å². The van der Waals surface area contributed by atoms with Crippen LogP contribution in [0.15, 0.2) is 0 Å². The molecule has 0 aromatic carbocycles. The summed E-state index contributed by atoms with van der Waals surface area (Å²) < 4.78 is 16.0. The van der Waals surface area contributed by atoms with Crippen LogP contribution in [-0.4, -0.2) is 52.2 Å². The van der Waals surface area contributed by atoms with Crippen molar-refractivity contribution in [3.63, 3.8) is 0 Å². The van der Waals surface area contributed by atoms with Crippen LogP contribution in [0.4, 0.5) is 0 Å². The minimum atomic E-state index is 0.226. The summed E-state index contributed by atoms with van der Waals surface area (Å²) in [5, 5.41) is 3.42. The lowest BCUT2D eigenvalue weighted by Crippen LogP contribution is -2.38. The lowest BCUT2D eigenvalue weighted by molar-refractivity contribution is -0.00338. The Bertz CT molecular complexity index is 156. The molecule has 0 aliphatic carbocycles. The molecule has 104 valence electrons. The van der Waals surface area contributed by atoms with Crippen molar-refractivity contribution in [2.45, 2.75) is 45.8 Å². The Morgan fingerprint density at radius 3 is 2.47 bits per heavy atom. The molecule has 0 fully saturated rings. The average Bonchev–Trinajstić information content (AvgIpc) is 2.34. The first kappa shape index (κ1) is 16.8. The summed E-state index contributed by atoms with van der Waals surface area (Å²) in [5.74, 6) is 0. The van der Waals surface area contributed by atoms with Crippen LogP contribution in [0.25, 0.3) is 0 Å². The number of rotatable bonds is 12. The summed E-state index contributed by atoms with van der Waals surface area (Å²) in [6.45, 7) is 10.3. The zero-order valence-electron chi connectivity index (χ0n) is 11.8. The predicted molar refractivity (Wildman–Crippen MR) is 70.5 cm³/mol. The molecule has 0 saturated carbocycles. The van der Waals surface area contributed by atoms with E-state index in [1.165, 1.54) is 0 Å². The highest BCUT2D eigenvalue weighted by molar-refractivity contribution is 4.67. The molecule has 0 aromatic heterocycles. The summed E-state index contributed by atoms with van der Waals surface area (Å²) in [4.78, 5) is 0. The topological polar surface area (TPSA) is 39.7 Å². The third-order valence-electron chi connectivity index (χ3n) is 2.67. The highest BCUT2D eigenvalue weighted by atomic mass is 16.5. The molecule has 0 heterocycles. The van der Waals surface area contributed by atoms with E-state index in [4.69, 9.17) is 14.2 Å². The lowest BCUT2D eigenvalue weighted by atomic mass is 10.2. The van der Waals surface area contributed by atoms with Gasteiger partial charge in [-0.25, -0.2) is 0 Å². The summed E-state index contributed by atoms with van der Waals surface area (Å²) in [6.07, 6.45) is 2.32. The van der Waals surface area contributed by atoms with Crippen LogP contribution >= 0.6 is 0 Å². The first-order chi connectivity index (χ1) is 8.22. The second kappa shape index (κ2) is 12.3. The minimum absolute atomic E-state index is 0.226. The molecule has 2 unspecified atom stereocenters. The predicted octanol–water partition coefficient (Wildman–Crippen LogP) is 1.83. The fourth-order valence-corrected chi connectivity index (χ4v) is 1.38.